The number of Topliss-reactive ketones (excluding diaryl/α,β-unsaturated/α-hetero) is 1. The molecule has 4 nitrogen and oxygen atoms in total. The van der Waals surface area contributed by atoms with Crippen LogP contribution in [0.5, 0.6) is 0 Å². The van der Waals surface area contributed by atoms with E-state index in [2.05, 4.69) is 16.7 Å². The molecule has 0 bridgehead atoms. The van der Waals surface area contributed by atoms with Gasteiger partial charge in [-0.1, -0.05) is 232 Å². The number of hydrogen-bond donors (Lipinski definition) is 1. The van der Waals surface area contributed by atoms with Gasteiger partial charge < -0.3 is 5.11 Å². The molecule has 1 N–H and O–H groups in total. The monoisotopic (exact) mass is 705 g/mol. The molecular formula is C46H92N2O2. The Balaban J connectivity index is 1.64. The van der Waals surface area contributed by atoms with Crippen molar-refractivity contribution in [3.05, 3.63) is 0 Å². The summed E-state index contributed by atoms with van der Waals surface area (Å²) in [6.45, 7) is 7.83. The van der Waals surface area contributed by atoms with Gasteiger partial charge in [0, 0.05) is 39.1 Å². The molecule has 1 rings (SSSR count). The Morgan fingerprint density at radius 1 is 0.380 bits per heavy atom. The first-order valence-electron chi connectivity index (χ1n) is 23.3. The van der Waals surface area contributed by atoms with Crippen LogP contribution in [0.4, 0.5) is 0 Å². The van der Waals surface area contributed by atoms with Crippen LogP contribution < -0.4 is 0 Å². The molecule has 50 heavy (non-hydrogen) atoms. The quantitative estimate of drug-likeness (QED) is 0.0644. The van der Waals surface area contributed by atoms with Crippen LogP contribution in [0.25, 0.3) is 0 Å². The first-order chi connectivity index (χ1) is 24.8. The smallest absolute Gasteiger partial charge is 0.146 e. The summed E-state index contributed by atoms with van der Waals surface area (Å²) in [5.41, 5.74) is 0. The fourth-order valence-electron chi connectivity index (χ4n) is 8.05. The molecule has 0 radical (unpaired) electrons. The Bertz CT molecular complexity index is 663. The van der Waals surface area contributed by atoms with Gasteiger partial charge in [-0.15, -0.1) is 0 Å². The highest BCUT2D eigenvalue weighted by Crippen LogP contribution is 2.17. The number of carbonyl (C=O) groups excluding carboxylic acids is 1. The summed E-state index contributed by atoms with van der Waals surface area (Å²) in [5.74, 6) is 0.418. The summed E-state index contributed by atoms with van der Waals surface area (Å²) in [4.78, 5) is 16.9. The van der Waals surface area contributed by atoms with Crippen molar-refractivity contribution in [2.45, 2.75) is 244 Å². The van der Waals surface area contributed by atoms with Gasteiger partial charge in [0.2, 0.25) is 0 Å². The largest absolute Gasteiger partial charge is 0.395 e. The van der Waals surface area contributed by atoms with Gasteiger partial charge in [-0.3, -0.25) is 14.6 Å². The minimum absolute atomic E-state index is 0.235. The van der Waals surface area contributed by atoms with Crippen molar-refractivity contribution < 1.29 is 9.90 Å². The summed E-state index contributed by atoms with van der Waals surface area (Å²) in [6, 6.07) is 0. The van der Waals surface area contributed by atoms with E-state index in [-0.39, 0.29) is 6.61 Å². The number of aliphatic hydroxyl groups is 1. The molecule has 0 unspecified atom stereocenters. The fourth-order valence-corrected chi connectivity index (χ4v) is 8.05. The van der Waals surface area contributed by atoms with Gasteiger partial charge in [0.15, 0.2) is 0 Å². The van der Waals surface area contributed by atoms with Crippen molar-refractivity contribution in [2.75, 3.05) is 45.9 Å². The Morgan fingerprint density at radius 2 is 0.620 bits per heavy atom. The lowest BCUT2D eigenvalue weighted by Crippen LogP contribution is -2.48. The Labute approximate surface area is 315 Å². The number of nitrogens with zero attached hydrogens (tertiary/aromatic N) is 2. The molecule has 0 aliphatic carbocycles. The molecule has 1 saturated heterocycles. The summed E-state index contributed by atoms with van der Waals surface area (Å²) < 4.78 is 0. The van der Waals surface area contributed by atoms with Crippen LogP contribution >= 0.6 is 0 Å². The molecule has 1 fully saturated rings. The van der Waals surface area contributed by atoms with E-state index >= 15 is 0 Å². The molecule has 1 heterocycles. The van der Waals surface area contributed by atoms with Crippen molar-refractivity contribution in [3.63, 3.8) is 0 Å². The van der Waals surface area contributed by atoms with Crippen LogP contribution in [0.2, 0.25) is 0 Å². The third-order valence-corrected chi connectivity index (χ3v) is 11.6. The van der Waals surface area contributed by atoms with Crippen molar-refractivity contribution in [3.8, 4) is 0 Å². The summed E-state index contributed by atoms with van der Waals surface area (Å²) in [6.07, 6.45) is 52.5. The second kappa shape index (κ2) is 39.8. The molecule has 0 spiro atoms. The molecule has 1 aliphatic rings. The number of piperazine rings is 1. The van der Waals surface area contributed by atoms with E-state index < -0.39 is 0 Å². The van der Waals surface area contributed by atoms with Gasteiger partial charge in [-0.25, -0.2) is 0 Å². The van der Waals surface area contributed by atoms with Gasteiger partial charge in [-0.2, -0.15) is 0 Å². The lowest BCUT2D eigenvalue weighted by atomic mass is 10.0. The van der Waals surface area contributed by atoms with Gasteiger partial charge in [0.05, 0.1) is 13.2 Å². The van der Waals surface area contributed by atoms with Gasteiger partial charge in [-0.05, 0) is 6.42 Å². The first-order valence-corrected chi connectivity index (χ1v) is 23.3. The molecule has 0 aromatic heterocycles. The lowest BCUT2D eigenvalue weighted by molar-refractivity contribution is -0.120. The maximum atomic E-state index is 12.3. The van der Waals surface area contributed by atoms with Gasteiger partial charge in [0.1, 0.15) is 5.78 Å². The predicted octanol–water partition coefficient (Wildman–Crippen LogP) is 13.6. The highest BCUT2D eigenvalue weighted by molar-refractivity contribution is 5.80. The maximum absolute atomic E-state index is 12.3. The number of carbonyl (C=O) groups is 1. The lowest BCUT2D eigenvalue weighted by Gasteiger charge is -2.33. The molecule has 0 aromatic rings. The molecule has 298 valence electrons. The highest BCUT2D eigenvalue weighted by Gasteiger charge is 2.18. The van der Waals surface area contributed by atoms with Crippen LogP contribution in [0.3, 0.4) is 0 Å². The zero-order valence-corrected chi connectivity index (χ0v) is 34.4. The second-order valence-electron chi connectivity index (χ2n) is 16.5. The van der Waals surface area contributed by atoms with E-state index in [4.69, 9.17) is 5.11 Å². The predicted molar refractivity (Wildman–Crippen MR) is 221 cm³/mol. The maximum Gasteiger partial charge on any atom is 0.146 e. The fraction of sp³-hybridized carbons (Fsp3) is 0.978. The van der Waals surface area contributed by atoms with Gasteiger partial charge in [0.25, 0.3) is 0 Å². The Hall–Kier alpha value is -0.450. The molecule has 1 aliphatic heterocycles. The number of hydrogen-bond acceptors (Lipinski definition) is 4. The number of aliphatic hydroxyl groups excluding tert-OH is 1. The standard InChI is InChI=1S/C46H92N2O2/c1-2-3-4-5-6-7-8-9-10-11-12-13-14-15-16-17-18-19-20-21-22-23-24-25-26-27-28-29-30-31-32-33-34-35-36-37-38-46(50)45-48-41-39-47(40-42-48)43-44-49/h49H,2-45H2,1H3. The normalized spacial score (nSPS) is 14.2. The number of β-amino-alcohol motifs (C(OH)–C–C–N with tert-alkyl or cyclic N) is 1. The Kier molecular flexibility index (Phi) is 37.8. The van der Waals surface area contributed by atoms with Crippen LogP contribution in [0.15, 0.2) is 0 Å². The second-order valence-corrected chi connectivity index (χ2v) is 16.5. The SMILES string of the molecule is CCCCCCCCCCCCCCCCCCCCCCCCCCCCCCCCCCCCCCC(=O)CN1CCN(CCO)CC1. The number of ketones is 1. The van der Waals surface area contributed by atoms with E-state index in [1.54, 1.807) is 0 Å². The van der Waals surface area contributed by atoms with E-state index in [1.165, 1.54) is 225 Å². The zero-order valence-electron chi connectivity index (χ0n) is 34.4. The van der Waals surface area contributed by atoms with Crippen LogP contribution in [-0.4, -0.2) is 66.6 Å². The average Bonchev–Trinajstić information content (AvgIpc) is 3.12. The molecule has 4 heteroatoms. The van der Waals surface area contributed by atoms with Crippen molar-refractivity contribution in [2.24, 2.45) is 0 Å². The summed E-state index contributed by atoms with van der Waals surface area (Å²) in [7, 11) is 0. The van der Waals surface area contributed by atoms with Crippen molar-refractivity contribution in [1.29, 1.82) is 0 Å². The van der Waals surface area contributed by atoms with E-state index in [0.29, 0.717) is 12.3 Å². The molecule has 0 atom stereocenters. The zero-order chi connectivity index (χ0) is 35.8. The minimum atomic E-state index is 0.235. The first kappa shape index (κ1) is 47.6. The molecular weight excluding hydrogens is 613 g/mol. The minimum Gasteiger partial charge on any atom is -0.395 e. The third kappa shape index (κ3) is 34.6. The highest BCUT2D eigenvalue weighted by atomic mass is 16.3. The van der Waals surface area contributed by atoms with Crippen LogP contribution in [0.1, 0.15) is 244 Å². The summed E-state index contributed by atoms with van der Waals surface area (Å²) in [5, 5.41) is 9.06. The van der Waals surface area contributed by atoms with E-state index in [0.717, 1.165) is 45.6 Å². The Morgan fingerprint density at radius 3 is 0.880 bits per heavy atom. The van der Waals surface area contributed by atoms with E-state index in [9.17, 15) is 4.79 Å². The van der Waals surface area contributed by atoms with Crippen molar-refractivity contribution in [1.82, 2.24) is 9.80 Å². The third-order valence-electron chi connectivity index (χ3n) is 11.6. The van der Waals surface area contributed by atoms with E-state index in [1.807, 2.05) is 0 Å². The van der Waals surface area contributed by atoms with Crippen LogP contribution in [0, 0.1) is 0 Å². The molecule has 0 amide bonds. The van der Waals surface area contributed by atoms with Crippen molar-refractivity contribution >= 4 is 5.78 Å². The topological polar surface area (TPSA) is 43.8 Å². The average molecular weight is 705 g/mol. The summed E-state index contributed by atoms with van der Waals surface area (Å²) >= 11 is 0. The molecule has 0 aromatic carbocycles. The molecule has 0 saturated carbocycles. The number of unbranched alkanes of at least 4 members (excludes halogenated alkanes) is 35. The number of rotatable bonds is 41. The van der Waals surface area contributed by atoms with Crippen LogP contribution in [-0.2, 0) is 4.79 Å². The van der Waals surface area contributed by atoms with Gasteiger partial charge >= 0.3 is 0 Å².